The molecule has 1 aromatic heterocycles. The normalized spacial score (nSPS) is 11.7. The minimum atomic E-state index is -0.754. The van der Waals surface area contributed by atoms with Crippen molar-refractivity contribution in [3.63, 3.8) is 0 Å². The second-order valence-electron chi connectivity index (χ2n) is 7.25. The van der Waals surface area contributed by atoms with Crippen molar-refractivity contribution in [2.45, 2.75) is 12.6 Å². The molecule has 0 saturated carbocycles. The molecule has 0 bridgehead atoms. The second-order valence-corrected chi connectivity index (χ2v) is 8.17. The Labute approximate surface area is 189 Å². The number of Topliss-reactive ketones (excluding diaryl/α,β-unsaturated/α-hetero) is 1. The van der Waals surface area contributed by atoms with Crippen LogP contribution in [0.5, 0.6) is 5.75 Å². The van der Waals surface area contributed by atoms with Crippen molar-refractivity contribution in [3.05, 3.63) is 106 Å². The second kappa shape index (κ2) is 9.77. The Morgan fingerprint density at radius 3 is 2.50 bits per heavy atom. The van der Waals surface area contributed by atoms with Crippen LogP contribution in [0, 0.1) is 5.82 Å². The van der Waals surface area contributed by atoms with Gasteiger partial charge in [-0.25, -0.2) is 4.39 Å². The first-order valence-corrected chi connectivity index (χ1v) is 10.9. The number of nitrogens with one attached hydrogen (secondary N) is 1. The standard InChI is InChI=1S/C26H22FNO3S/c1-31-22-14-17(16-29)13-21(15-22)28-24(19-7-9-20(27)10-8-19)25(30)26-23(11-12-32-26)18-5-3-2-4-6-18/h2-15,24,28-29H,16H2,1H3. The summed E-state index contributed by atoms with van der Waals surface area (Å²) in [6, 6.07) is 22.1. The third kappa shape index (κ3) is 4.72. The maximum Gasteiger partial charge on any atom is 0.200 e. The van der Waals surface area contributed by atoms with E-state index in [1.165, 1.54) is 23.5 Å². The fraction of sp³-hybridized carbons (Fsp3) is 0.115. The van der Waals surface area contributed by atoms with Gasteiger partial charge in [-0.2, -0.15) is 0 Å². The van der Waals surface area contributed by atoms with E-state index >= 15 is 0 Å². The third-order valence-electron chi connectivity index (χ3n) is 5.13. The SMILES string of the molecule is COc1cc(CO)cc(NC(C(=O)c2sccc2-c2ccccc2)c2ccc(F)cc2)c1. The van der Waals surface area contributed by atoms with E-state index in [4.69, 9.17) is 4.74 Å². The van der Waals surface area contributed by atoms with Crippen LogP contribution in [0.1, 0.15) is 26.8 Å². The number of anilines is 1. The average molecular weight is 448 g/mol. The molecular formula is C26H22FNO3S. The molecule has 0 fully saturated rings. The van der Waals surface area contributed by atoms with Crippen LogP contribution >= 0.6 is 11.3 Å². The lowest BCUT2D eigenvalue weighted by molar-refractivity contribution is 0.0974. The minimum Gasteiger partial charge on any atom is -0.497 e. The molecule has 6 heteroatoms. The number of thiophene rings is 1. The number of benzene rings is 3. The number of hydrogen-bond donors (Lipinski definition) is 2. The maximum absolute atomic E-state index is 13.8. The largest absolute Gasteiger partial charge is 0.497 e. The van der Waals surface area contributed by atoms with E-state index in [1.807, 2.05) is 41.8 Å². The van der Waals surface area contributed by atoms with Crippen molar-refractivity contribution in [2.75, 3.05) is 12.4 Å². The van der Waals surface area contributed by atoms with Crippen molar-refractivity contribution in [2.24, 2.45) is 0 Å². The van der Waals surface area contributed by atoms with Crippen LogP contribution in [0.15, 0.2) is 84.2 Å². The number of aliphatic hydroxyl groups excluding tert-OH is 1. The van der Waals surface area contributed by atoms with Crippen molar-refractivity contribution >= 4 is 22.8 Å². The summed E-state index contributed by atoms with van der Waals surface area (Å²) in [5, 5.41) is 14.8. The quantitative estimate of drug-likeness (QED) is 0.321. The molecule has 0 aliphatic heterocycles. The Balaban J connectivity index is 1.75. The Kier molecular flexibility index (Phi) is 6.63. The van der Waals surface area contributed by atoms with Gasteiger partial charge in [0, 0.05) is 17.3 Å². The highest BCUT2D eigenvalue weighted by Gasteiger charge is 2.26. The van der Waals surface area contributed by atoms with E-state index in [1.54, 1.807) is 37.4 Å². The molecule has 2 N–H and O–H groups in total. The van der Waals surface area contributed by atoms with Gasteiger partial charge in [0.2, 0.25) is 0 Å². The van der Waals surface area contributed by atoms with Gasteiger partial charge in [-0.3, -0.25) is 4.79 Å². The van der Waals surface area contributed by atoms with Gasteiger partial charge >= 0.3 is 0 Å². The van der Waals surface area contributed by atoms with Crippen LogP contribution in [0.25, 0.3) is 11.1 Å². The number of ether oxygens (including phenoxy) is 1. The van der Waals surface area contributed by atoms with Gasteiger partial charge in [0.25, 0.3) is 0 Å². The Bertz CT molecular complexity index is 1180. The van der Waals surface area contributed by atoms with Gasteiger partial charge in [0.05, 0.1) is 18.6 Å². The molecule has 0 aliphatic rings. The summed E-state index contributed by atoms with van der Waals surface area (Å²) in [5.41, 5.74) is 3.72. The Morgan fingerprint density at radius 1 is 1.06 bits per heavy atom. The molecule has 0 saturated heterocycles. The number of methoxy groups -OCH3 is 1. The van der Waals surface area contributed by atoms with Crippen molar-refractivity contribution < 1.29 is 19.0 Å². The average Bonchev–Trinajstić information content (AvgIpc) is 3.33. The number of hydrogen-bond acceptors (Lipinski definition) is 5. The van der Waals surface area contributed by atoms with Gasteiger partial charge < -0.3 is 15.2 Å². The number of carbonyl (C=O) groups is 1. The minimum absolute atomic E-state index is 0.126. The van der Waals surface area contributed by atoms with Crippen LogP contribution in [-0.2, 0) is 6.61 Å². The smallest absolute Gasteiger partial charge is 0.200 e. The molecule has 4 nitrogen and oxygen atoms in total. The molecule has 1 unspecified atom stereocenters. The lowest BCUT2D eigenvalue weighted by Gasteiger charge is -2.21. The van der Waals surface area contributed by atoms with Crippen LogP contribution in [-0.4, -0.2) is 18.0 Å². The van der Waals surface area contributed by atoms with E-state index in [0.29, 0.717) is 27.4 Å². The van der Waals surface area contributed by atoms with Gasteiger partial charge in [0.15, 0.2) is 5.78 Å². The predicted octanol–water partition coefficient (Wildman–Crippen LogP) is 6.09. The zero-order valence-electron chi connectivity index (χ0n) is 17.4. The molecule has 0 spiro atoms. The summed E-state index contributed by atoms with van der Waals surface area (Å²) in [6.07, 6.45) is 0. The summed E-state index contributed by atoms with van der Waals surface area (Å²) in [4.78, 5) is 14.4. The van der Waals surface area contributed by atoms with E-state index in [2.05, 4.69) is 5.32 Å². The number of carbonyl (C=O) groups excluding carboxylic acids is 1. The van der Waals surface area contributed by atoms with Crippen molar-refractivity contribution in [3.8, 4) is 16.9 Å². The summed E-state index contributed by atoms with van der Waals surface area (Å²) in [7, 11) is 1.54. The fourth-order valence-corrected chi connectivity index (χ4v) is 4.44. The predicted molar refractivity (Wildman–Crippen MR) is 126 cm³/mol. The summed E-state index contributed by atoms with van der Waals surface area (Å²) >= 11 is 1.38. The maximum atomic E-state index is 13.8. The van der Waals surface area contributed by atoms with Crippen molar-refractivity contribution in [1.82, 2.24) is 0 Å². The molecule has 0 amide bonds. The molecule has 32 heavy (non-hydrogen) atoms. The molecule has 1 atom stereocenters. The lowest BCUT2D eigenvalue weighted by atomic mass is 9.97. The van der Waals surface area contributed by atoms with Gasteiger partial charge in [-0.15, -0.1) is 11.3 Å². The van der Waals surface area contributed by atoms with E-state index in [9.17, 15) is 14.3 Å². The monoisotopic (exact) mass is 447 g/mol. The number of rotatable bonds is 8. The number of halogens is 1. The molecule has 162 valence electrons. The first-order valence-electron chi connectivity index (χ1n) is 10.1. The van der Waals surface area contributed by atoms with Crippen molar-refractivity contribution in [1.29, 1.82) is 0 Å². The highest BCUT2D eigenvalue weighted by atomic mass is 32.1. The van der Waals surface area contributed by atoms with E-state index in [-0.39, 0.29) is 18.2 Å². The first-order chi connectivity index (χ1) is 15.6. The summed E-state index contributed by atoms with van der Waals surface area (Å²) < 4.78 is 18.9. The Hall–Kier alpha value is -3.48. The molecule has 0 aliphatic carbocycles. The van der Waals surface area contributed by atoms with E-state index < -0.39 is 6.04 Å². The molecular weight excluding hydrogens is 425 g/mol. The first kappa shape index (κ1) is 21.7. The van der Waals surface area contributed by atoms with Gasteiger partial charge in [0.1, 0.15) is 17.6 Å². The lowest BCUT2D eigenvalue weighted by Crippen LogP contribution is -2.21. The van der Waals surface area contributed by atoms with Crippen LogP contribution in [0.3, 0.4) is 0 Å². The van der Waals surface area contributed by atoms with E-state index in [0.717, 1.165) is 11.1 Å². The van der Waals surface area contributed by atoms with Gasteiger partial charge in [-0.1, -0.05) is 42.5 Å². The highest BCUT2D eigenvalue weighted by molar-refractivity contribution is 7.12. The topological polar surface area (TPSA) is 58.6 Å². The fourth-order valence-electron chi connectivity index (χ4n) is 3.55. The molecule has 4 aromatic rings. The van der Waals surface area contributed by atoms with Crippen LogP contribution < -0.4 is 10.1 Å². The highest BCUT2D eigenvalue weighted by Crippen LogP contribution is 2.34. The summed E-state index contributed by atoms with van der Waals surface area (Å²) in [5.74, 6) is 0.0641. The third-order valence-corrected chi connectivity index (χ3v) is 6.06. The zero-order chi connectivity index (χ0) is 22.5. The molecule has 4 rings (SSSR count). The molecule has 0 radical (unpaired) electrons. The number of aliphatic hydroxyl groups is 1. The Morgan fingerprint density at radius 2 is 1.81 bits per heavy atom. The molecule has 3 aromatic carbocycles. The van der Waals surface area contributed by atoms with Crippen LogP contribution in [0.4, 0.5) is 10.1 Å². The van der Waals surface area contributed by atoms with Crippen LogP contribution in [0.2, 0.25) is 0 Å². The molecule has 1 heterocycles. The summed E-state index contributed by atoms with van der Waals surface area (Å²) in [6.45, 7) is -0.163. The number of ketones is 1. The zero-order valence-corrected chi connectivity index (χ0v) is 18.2. The van der Waals surface area contributed by atoms with Gasteiger partial charge in [-0.05, 0) is 52.4 Å².